The van der Waals surface area contributed by atoms with Crippen molar-refractivity contribution >= 4 is 49.3 Å². The van der Waals surface area contributed by atoms with Crippen molar-refractivity contribution in [3.8, 4) is 62.5 Å². The molecule has 6 heteroatoms. The van der Waals surface area contributed by atoms with E-state index in [1.807, 2.05) is 72.8 Å². The van der Waals surface area contributed by atoms with Gasteiger partial charge >= 0.3 is 0 Å². The molecule has 0 N–H and O–H groups in total. The molecule has 8 aromatic carbocycles. The minimum Gasteiger partial charge on any atom is -0.309 e. The van der Waals surface area contributed by atoms with Crippen molar-refractivity contribution in [2.24, 2.45) is 0 Å². The molecule has 11 aromatic rings. The van der Waals surface area contributed by atoms with Gasteiger partial charge in [0.15, 0.2) is 11.5 Å². The highest BCUT2D eigenvalue weighted by Crippen LogP contribution is 2.43. The molecule has 11 rings (SSSR count). The van der Waals surface area contributed by atoms with Crippen LogP contribution < -0.4 is 0 Å². The first kappa shape index (κ1) is 34.7. The molecule has 0 saturated carbocycles. The maximum atomic E-state index is 9.96. The Labute approximate surface area is 346 Å². The molecule has 0 aliphatic carbocycles. The molecule has 3 heterocycles. The molecule has 0 atom stereocenters. The standard InChI is InChI=1S/C54H32N6/c1-56-39-26-29-53-45(32-39)43-30-35(34-55)24-27-51(43)60(53)52-28-25-38(54-57-46(36-14-4-2-5-15-36)33-47(58-54)37-16-6-3-7-17-37)31-44(52)42-20-10-13-23-50(42)59-48-21-11-8-18-40(48)41-19-9-12-22-49(41)59/h2-33H. The molecule has 0 bridgehead atoms. The van der Waals surface area contributed by atoms with Crippen molar-refractivity contribution in [2.75, 3.05) is 0 Å². The van der Waals surface area contributed by atoms with E-state index in [-0.39, 0.29) is 0 Å². The summed E-state index contributed by atoms with van der Waals surface area (Å²) in [5, 5.41) is 14.1. The number of aromatic nitrogens is 4. The summed E-state index contributed by atoms with van der Waals surface area (Å²) in [6.45, 7) is 7.83. The van der Waals surface area contributed by atoms with Crippen LogP contribution in [0.1, 0.15) is 5.56 Å². The van der Waals surface area contributed by atoms with Crippen LogP contribution >= 0.6 is 0 Å². The van der Waals surface area contributed by atoms with Crippen LogP contribution in [0, 0.1) is 17.9 Å². The van der Waals surface area contributed by atoms with Crippen LogP contribution in [0.5, 0.6) is 0 Å². The topological polar surface area (TPSA) is 63.8 Å². The summed E-state index contributed by atoms with van der Waals surface area (Å²) in [6.07, 6.45) is 0. The first-order valence-corrected chi connectivity index (χ1v) is 19.8. The Morgan fingerprint density at radius 3 is 1.60 bits per heavy atom. The smallest absolute Gasteiger partial charge is 0.188 e. The lowest BCUT2D eigenvalue weighted by atomic mass is 9.97. The zero-order valence-corrected chi connectivity index (χ0v) is 32.2. The van der Waals surface area contributed by atoms with E-state index in [9.17, 15) is 5.26 Å². The van der Waals surface area contributed by atoms with Gasteiger partial charge in [0.2, 0.25) is 0 Å². The third-order valence-electron chi connectivity index (χ3n) is 11.4. The van der Waals surface area contributed by atoms with Gasteiger partial charge in [0.25, 0.3) is 0 Å². The Morgan fingerprint density at radius 2 is 0.967 bits per heavy atom. The molecule has 0 fully saturated rings. The normalized spacial score (nSPS) is 11.3. The van der Waals surface area contributed by atoms with E-state index < -0.39 is 0 Å². The van der Waals surface area contributed by atoms with Gasteiger partial charge in [-0.2, -0.15) is 5.26 Å². The predicted octanol–water partition coefficient (Wildman–Crippen LogP) is 13.8. The van der Waals surface area contributed by atoms with E-state index in [0.717, 1.165) is 83.4 Å². The average molecular weight is 765 g/mol. The van der Waals surface area contributed by atoms with Gasteiger partial charge in [-0.3, -0.25) is 0 Å². The average Bonchev–Trinajstić information content (AvgIpc) is 3.83. The predicted molar refractivity (Wildman–Crippen MR) is 243 cm³/mol. The van der Waals surface area contributed by atoms with Crippen molar-refractivity contribution in [1.29, 1.82) is 5.26 Å². The van der Waals surface area contributed by atoms with Crippen molar-refractivity contribution in [3.63, 3.8) is 0 Å². The minimum atomic E-state index is 0.542. The lowest BCUT2D eigenvalue weighted by molar-refractivity contribution is 1.15. The number of benzene rings is 8. The summed E-state index contributed by atoms with van der Waals surface area (Å²) >= 11 is 0. The van der Waals surface area contributed by atoms with E-state index in [2.05, 4.69) is 141 Å². The highest BCUT2D eigenvalue weighted by molar-refractivity contribution is 6.12. The van der Waals surface area contributed by atoms with Gasteiger partial charge in [-0.25, -0.2) is 14.8 Å². The summed E-state index contributed by atoms with van der Waals surface area (Å²) < 4.78 is 4.63. The molecule has 60 heavy (non-hydrogen) atoms. The lowest BCUT2D eigenvalue weighted by Crippen LogP contribution is -2.02. The maximum absolute atomic E-state index is 9.96. The van der Waals surface area contributed by atoms with Crippen molar-refractivity contribution in [2.45, 2.75) is 0 Å². The summed E-state index contributed by atoms with van der Waals surface area (Å²) in [6, 6.07) is 68.7. The Kier molecular flexibility index (Phi) is 8.15. The van der Waals surface area contributed by atoms with Gasteiger partial charge < -0.3 is 9.13 Å². The number of fused-ring (bicyclic) bond motifs is 6. The molecule has 0 aliphatic heterocycles. The highest BCUT2D eigenvalue weighted by Gasteiger charge is 2.22. The summed E-state index contributed by atoms with van der Waals surface area (Å²) in [5.41, 5.74) is 13.7. The number of rotatable bonds is 6. The zero-order chi connectivity index (χ0) is 40.2. The maximum Gasteiger partial charge on any atom is 0.188 e. The summed E-state index contributed by atoms with van der Waals surface area (Å²) in [4.78, 5) is 14.2. The van der Waals surface area contributed by atoms with Gasteiger partial charge in [0.05, 0.1) is 63.0 Å². The van der Waals surface area contributed by atoms with E-state index >= 15 is 0 Å². The number of hydrogen-bond acceptors (Lipinski definition) is 3. The molecule has 0 saturated heterocycles. The fourth-order valence-electron chi connectivity index (χ4n) is 8.66. The lowest BCUT2D eigenvalue weighted by Gasteiger charge is -2.20. The molecular formula is C54H32N6. The van der Waals surface area contributed by atoms with Crippen LogP contribution in [0.4, 0.5) is 5.69 Å². The van der Waals surface area contributed by atoms with Crippen LogP contribution in [0.2, 0.25) is 0 Å². The van der Waals surface area contributed by atoms with Crippen LogP contribution in [0.15, 0.2) is 194 Å². The Morgan fingerprint density at radius 1 is 0.433 bits per heavy atom. The molecule has 0 unspecified atom stereocenters. The summed E-state index contributed by atoms with van der Waals surface area (Å²) in [7, 11) is 0. The number of hydrogen-bond donors (Lipinski definition) is 0. The van der Waals surface area contributed by atoms with Gasteiger partial charge in [0, 0.05) is 44.0 Å². The molecule has 3 aromatic heterocycles. The first-order valence-electron chi connectivity index (χ1n) is 19.8. The van der Waals surface area contributed by atoms with Gasteiger partial charge in [-0.05, 0) is 78.2 Å². The van der Waals surface area contributed by atoms with E-state index in [0.29, 0.717) is 17.1 Å². The molecule has 0 spiro atoms. The van der Waals surface area contributed by atoms with Gasteiger partial charge in [0.1, 0.15) is 0 Å². The van der Waals surface area contributed by atoms with Gasteiger partial charge in [-0.1, -0.05) is 121 Å². The first-order chi connectivity index (χ1) is 29.7. The highest BCUT2D eigenvalue weighted by atomic mass is 15.0. The Bertz CT molecular complexity index is 3380. The molecule has 278 valence electrons. The van der Waals surface area contributed by atoms with Crippen LogP contribution in [-0.4, -0.2) is 19.1 Å². The fourth-order valence-corrected chi connectivity index (χ4v) is 8.66. The molecule has 6 nitrogen and oxygen atoms in total. The monoisotopic (exact) mass is 764 g/mol. The molecule has 0 amide bonds. The Balaban J connectivity index is 1.24. The molecular weight excluding hydrogens is 733 g/mol. The third kappa shape index (κ3) is 5.63. The van der Waals surface area contributed by atoms with Crippen molar-refractivity contribution in [3.05, 3.63) is 211 Å². The quantitative estimate of drug-likeness (QED) is 0.158. The fraction of sp³-hybridized carbons (Fsp3) is 0. The Hall–Kier alpha value is -8.58. The van der Waals surface area contributed by atoms with E-state index in [1.54, 1.807) is 0 Å². The SMILES string of the molecule is [C-]#[N+]c1ccc2c(c1)c1cc(C#N)ccc1n2-c1ccc(-c2nc(-c3ccccc3)cc(-c3ccccc3)n2)cc1-c1ccccc1-n1c2ccccc2c2ccccc21. The van der Waals surface area contributed by atoms with Crippen LogP contribution in [0.3, 0.4) is 0 Å². The summed E-state index contributed by atoms with van der Waals surface area (Å²) in [5.74, 6) is 0.611. The number of nitriles is 1. The second-order valence-electron chi connectivity index (χ2n) is 14.8. The minimum absolute atomic E-state index is 0.542. The van der Waals surface area contributed by atoms with Crippen molar-refractivity contribution < 1.29 is 0 Å². The largest absolute Gasteiger partial charge is 0.309 e. The van der Waals surface area contributed by atoms with E-state index in [1.165, 1.54) is 10.8 Å². The number of para-hydroxylation sites is 3. The molecule has 0 aliphatic rings. The van der Waals surface area contributed by atoms with Crippen LogP contribution in [-0.2, 0) is 0 Å². The zero-order valence-electron chi connectivity index (χ0n) is 32.2. The third-order valence-corrected chi connectivity index (χ3v) is 11.4. The molecule has 0 radical (unpaired) electrons. The van der Waals surface area contributed by atoms with E-state index in [4.69, 9.17) is 16.5 Å². The van der Waals surface area contributed by atoms with Gasteiger partial charge in [-0.15, -0.1) is 0 Å². The van der Waals surface area contributed by atoms with Crippen LogP contribution in [0.25, 0.3) is 105 Å². The number of nitrogens with zero attached hydrogens (tertiary/aromatic N) is 6. The van der Waals surface area contributed by atoms with Crippen molar-refractivity contribution in [1.82, 2.24) is 19.1 Å². The second kappa shape index (κ2) is 14.1. The second-order valence-corrected chi connectivity index (χ2v) is 14.8.